The molecule has 0 aliphatic heterocycles. The SMILES string of the molecule is Pc1ccncc1.[Au+]. The fourth-order valence-corrected chi connectivity index (χ4v) is 0.536. The van der Waals surface area contributed by atoms with E-state index in [4.69, 9.17) is 0 Å². The van der Waals surface area contributed by atoms with Gasteiger partial charge in [0.25, 0.3) is 0 Å². The van der Waals surface area contributed by atoms with Crippen molar-refractivity contribution < 1.29 is 22.4 Å². The number of aromatic nitrogens is 1. The van der Waals surface area contributed by atoms with Crippen molar-refractivity contribution in [2.45, 2.75) is 0 Å². The molecule has 0 radical (unpaired) electrons. The molecule has 1 nitrogen and oxygen atoms in total. The zero-order valence-corrected chi connectivity index (χ0v) is 7.46. The third-order valence-corrected chi connectivity index (χ3v) is 1.09. The molecule has 0 saturated carbocycles. The molecule has 0 amide bonds. The average molecular weight is 308 g/mol. The summed E-state index contributed by atoms with van der Waals surface area (Å²) < 4.78 is 0. The molecule has 1 unspecified atom stereocenters. The van der Waals surface area contributed by atoms with Crippen molar-refractivity contribution in [3.8, 4) is 0 Å². The number of hydrogen-bond donors (Lipinski definition) is 0. The van der Waals surface area contributed by atoms with Crippen molar-refractivity contribution in [3.05, 3.63) is 24.5 Å². The summed E-state index contributed by atoms with van der Waals surface area (Å²) >= 11 is 0. The van der Waals surface area contributed by atoms with E-state index in [9.17, 15) is 0 Å². The zero-order valence-electron chi connectivity index (χ0n) is 4.14. The Morgan fingerprint density at radius 1 is 1.25 bits per heavy atom. The van der Waals surface area contributed by atoms with Crippen molar-refractivity contribution in [3.63, 3.8) is 0 Å². The maximum atomic E-state index is 3.83. The van der Waals surface area contributed by atoms with Gasteiger partial charge in [-0.05, 0) is 17.4 Å². The molecule has 1 atom stereocenters. The molecule has 1 aromatic heterocycles. The first-order chi connectivity index (χ1) is 3.39. The first-order valence-electron chi connectivity index (χ1n) is 2.05. The minimum Gasteiger partial charge on any atom is -0.265 e. The molecule has 3 heteroatoms. The summed E-state index contributed by atoms with van der Waals surface area (Å²) in [5.74, 6) is 0. The minimum atomic E-state index is 0. The van der Waals surface area contributed by atoms with Crippen LogP contribution in [0.1, 0.15) is 0 Å². The van der Waals surface area contributed by atoms with Gasteiger partial charge in [0.1, 0.15) is 0 Å². The largest absolute Gasteiger partial charge is 1.00 e. The Labute approximate surface area is 66.6 Å². The Morgan fingerprint density at radius 2 is 1.75 bits per heavy atom. The summed E-state index contributed by atoms with van der Waals surface area (Å²) in [6.07, 6.45) is 3.53. The van der Waals surface area contributed by atoms with E-state index in [2.05, 4.69) is 14.2 Å². The molecular weight excluding hydrogens is 302 g/mol. The van der Waals surface area contributed by atoms with Crippen LogP contribution in [0, 0.1) is 0 Å². The molecule has 0 fully saturated rings. The summed E-state index contributed by atoms with van der Waals surface area (Å²) in [4.78, 5) is 3.83. The fraction of sp³-hybridized carbons (Fsp3) is 0. The van der Waals surface area contributed by atoms with Crippen LogP contribution in [0.3, 0.4) is 0 Å². The maximum Gasteiger partial charge on any atom is 1.00 e. The quantitative estimate of drug-likeness (QED) is 0.505. The van der Waals surface area contributed by atoms with Gasteiger partial charge in [0, 0.05) is 12.4 Å². The summed E-state index contributed by atoms with van der Waals surface area (Å²) in [7, 11) is 2.59. The number of nitrogens with zero attached hydrogens (tertiary/aromatic N) is 1. The fourth-order valence-electron chi connectivity index (χ4n) is 0.363. The molecule has 1 heterocycles. The normalized spacial score (nSPS) is 7.62. The van der Waals surface area contributed by atoms with Crippen LogP contribution >= 0.6 is 9.24 Å². The van der Waals surface area contributed by atoms with Gasteiger partial charge in [-0.2, -0.15) is 0 Å². The molecule has 46 valence electrons. The predicted molar refractivity (Wildman–Crippen MR) is 33.6 cm³/mol. The van der Waals surface area contributed by atoms with Crippen LogP contribution in [0.25, 0.3) is 0 Å². The van der Waals surface area contributed by atoms with Gasteiger partial charge in [-0.25, -0.2) is 0 Å². The Balaban J connectivity index is 0.000000490. The van der Waals surface area contributed by atoms with Gasteiger partial charge < -0.3 is 0 Å². The number of rotatable bonds is 0. The number of hydrogen-bond acceptors (Lipinski definition) is 1. The molecule has 0 aliphatic rings. The predicted octanol–water partition coefficient (Wildman–Crippen LogP) is 0.580. The van der Waals surface area contributed by atoms with Gasteiger partial charge in [-0.1, -0.05) is 0 Å². The summed E-state index contributed by atoms with van der Waals surface area (Å²) in [6, 6.07) is 3.87. The monoisotopic (exact) mass is 308 g/mol. The van der Waals surface area contributed by atoms with E-state index in [1.807, 2.05) is 12.1 Å². The molecule has 0 bridgehead atoms. The standard InChI is InChI=1S/C5H6NP.Au/c7-5-1-3-6-4-2-5;/h1-4H,7H2;/q;+1. The maximum absolute atomic E-state index is 3.83. The molecule has 0 N–H and O–H groups in total. The summed E-state index contributed by atoms with van der Waals surface area (Å²) in [5, 5.41) is 1.18. The van der Waals surface area contributed by atoms with Gasteiger partial charge in [0.15, 0.2) is 0 Å². The smallest absolute Gasteiger partial charge is 0.265 e. The molecule has 0 aliphatic carbocycles. The second kappa shape index (κ2) is 4.22. The van der Waals surface area contributed by atoms with Crippen LogP contribution < -0.4 is 5.30 Å². The Bertz CT molecular complexity index is 142. The van der Waals surface area contributed by atoms with Crippen LogP contribution in [0.2, 0.25) is 0 Å². The molecule has 1 rings (SSSR count). The van der Waals surface area contributed by atoms with Crippen molar-refractivity contribution >= 4 is 14.5 Å². The topological polar surface area (TPSA) is 12.9 Å². The third-order valence-electron chi connectivity index (χ3n) is 0.706. The van der Waals surface area contributed by atoms with Gasteiger partial charge in [-0.3, -0.25) is 4.98 Å². The van der Waals surface area contributed by atoms with Crippen molar-refractivity contribution in [2.24, 2.45) is 0 Å². The van der Waals surface area contributed by atoms with Gasteiger partial charge in [-0.15, -0.1) is 9.24 Å². The molecule has 0 spiro atoms. The van der Waals surface area contributed by atoms with Crippen LogP contribution in [0.5, 0.6) is 0 Å². The number of pyridine rings is 1. The van der Waals surface area contributed by atoms with E-state index in [-0.39, 0.29) is 22.4 Å². The van der Waals surface area contributed by atoms with E-state index in [0.29, 0.717) is 0 Å². The molecule has 8 heavy (non-hydrogen) atoms. The van der Waals surface area contributed by atoms with Crippen LogP contribution in [-0.4, -0.2) is 4.98 Å². The average Bonchev–Trinajstić information content (AvgIpc) is 1.69. The van der Waals surface area contributed by atoms with E-state index in [1.54, 1.807) is 12.4 Å². The molecule has 0 saturated heterocycles. The second-order valence-corrected chi connectivity index (χ2v) is 1.95. The zero-order chi connectivity index (χ0) is 5.11. The van der Waals surface area contributed by atoms with Gasteiger partial charge in [0.2, 0.25) is 0 Å². The van der Waals surface area contributed by atoms with E-state index < -0.39 is 0 Å². The van der Waals surface area contributed by atoms with E-state index in [1.165, 1.54) is 5.30 Å². The van der Waals surface area contributed by atoms with E-state index in [0.717, 1.165) is 0 Å². The first kappa shape index (κ1) is 8.32. The molecule has 0 aromatic carbocycles. The molecule has 1 aromatic rings. The van der Waals surface area contributed by atoms with Crippen LogP contribution in [-0.2, 0) is 22.4 Å². The Hall–Kier alpha value is 0.320. The third kappa shape index (κ3) is 2.58. The van der Waals surface area contributed by atoms with Gasteiger partial charge >= 0.3 is 22.4 Å². The van der Waals surface area contributed by atoms with E-state index >= 15 is 0 Å². The van der Waals surface area contributed by atoms with Crippen LogP contribution in [0.15, 0.2) is 24.5 Å². The summed E-state index contributed by atoms with van der Waals surface area (Å²) in [6.45, 7) is 0. The Morgan fingerprint density at radius 3 is 2.00 bits per heavy atom. The molecular formula is C5H6AuNP+. The van der Waals surface area contributed by atoms with Crippen molar-refractivity contribution in [2.75, 3.05) is 0 Å². The van der Waals surface area contributed by atoms with Crippen molar-refractivity contribution in [1.82, 2.24) is 4.98 Å². The second-order valence-electron chi connectivity index (χ2n) is 1.28. The van der Waals surface area contributed by atoms with Crippen molar-refractivity contribution in [1.29, 1.82) is 0 Å². The first-order valence-corrected chi connectivity index (χ1v) is 2.63. The Kier molecular flexibility index (Phi) is 4.39. The minimum absolute atomic E-state index is 0. The van der Waals surface area contributed by atoms with Gasteiger partial charge in [0.05, 0.1) is 0 Å². The van der Waals surface area contributed by atoms with Crippen LogP contribution in [0.4, 0.5) is 0 Å². The summed E-state index contributed by atoms with van der Waals surface area (Å²) in [5.41, 5.74) is 0.